The molecule has 0 aromatic heterocycles. The highest BCUT2D eigenvalue weighted by molar-refractivity contribution is 5.75. The maximum atomic E-state index is 11.2. The minimum Gasteiger partial charge on any atom is -0.379 e. The van der Waals surface area contributed by atoms with Crippen LogP contribution in [0.3, 0.4) is 0 Å². The van der Waals surface area contributed by atoms with E-state index in [4.69, 9.17) is 18.9 Å². The van der Waals surface area contributed by atoms with Crippen molar-refractivity contribution in [2.24, 2.45) is 0 Å². The van der Waals surface area contributed by atoms with Crippen LogP contribution in [-0.2, 0) is 28.5 Å². The number of ketones is 1. The van der Waals surface area contributed by atoms with E-state index < -0.39 is 0 Å². The predicted octanol–water partition coefficient (Wildman–Crippen LogP) is 1.97. The van der Waals surface area contributed by atoms with Gasteiger partial charge in [0.15, 0.2) is 0 Å². The lowest BCUT2D eigenvalue weighted by Crippen LogP contribution is -2.27. The average molecular weight is 363 g/mol. The molecule has 0 radical (unpaired) electrons. The van der Waals surface area contributed by atoms with Crippen molar-refractivity contribution in [3.8, 4) is 0 Å². The molecule has 0 atom stereocenters. The topological polar surface area (TPSA) is 83.1 Å². The molecule has 0 aliphatic rings. The smallest absolute Gasteiger partial charge is 0.220 e. The molecule has 1 N–H and O–H groups in total. The van der Waals surface area contributed by atoms with Crippen molar-refractivity contribution in [1.29, 1.82) is 0 Å². The largest absolute Gasteiger partial charge is 0.379 e. The number of Topliss-reactive ketones (excluding diaryl/α,β-unsaturated/α-hetero) is 1. The predicted molar refractivity (Wildman–Crippen MR) is 97.8 cm³/mol. The number of hydrogen-bond acceptors (Lipinski definition) is 6. The van der Waals surface area contributed by atoms with Gasteiger partial charge >= 0.3 is 0 Å². The quantitative estimate of drug-likeness (QED) is 0.398. The zero-order valence-electron chi connectivity index (χ0n) is 16.4. The van der Waals surface area contributed by atoms with Gasteiger partial charge in [-0.15, -0.1) is 0 Å². The second-order valence-corrected chi connectivity index (χ2v) is 5.00. The molecule has 150 valence electrons. The van der Waals surface area contributed by atoms with Crippen molar-refractivity contribution < 1.29 is 28.5 Å². The van der Waals surface area contributed by atoms with Gasteiger partial charge in [0.05, 0.1) is 52.9 Å². The number of carbonyl (C=O) groups is 2. The highest BCUT2D eigenvalue weighted by Gasteiger charge is 1.97. The molecular weight excluding hydrogens is 326 g/mol. The van der Waals surface area contributed by atoms with Crippen molar-refractivity contribution in [1.82, 2.24) is 5.32 Å². The Labute approximate surface area is 152 Å². The summed E-state index contributed by atoms with van der Waals surface area (Å²) in [5.41, 5.74) is 0. The van der Waals surface area contributed by atoms with Crippen LogP contribution in [-0.4, -0.2) is 71.1 Å². The van der Waals surface area contributed by atoms with Gasteiger partial charge in [0.2, 0.25) is 5.91 Å². The Morgan fingerprint density at radius 3 is 1.60 bits per heavy atom. The van der Waals surface area contributed by atoms with E-state index in [1.165, 1.54) is 0 Å². The highest BCUT2D eigenvalue weighted by atomic mass is 16.6. The SMILES string of the molecule is CC.CCCC(=O)NCCOCCOCCOCCOCCC(C)=O. The number of ether oxygens (including phenoxy) is 4. The molecule has 0 aliphatic heterocycles. The summed E-state index contributed by atoms with van der Waals surface area (Å²) in [4.78, 5) is 21.8. The molecule has 1 amide bonds. The summed E-state index contributed by atoms with van der Waals surface area (Å²) in [5, 5.41) is 2.77. The van der Waals surface area contributed by atoms with Crippen LogP contribution in [0.15, 0.2) is 0 Å². The molecule has 7 heteroatoms. The molecule has 25 heavy (non-hydrogen) atoms. The van der Waals surface area contributed by atoms with Crippen LogP contribution < -0.4 is 5.32 Å². The fourth-order valence-corrected chi connectivity index (χ4v) is 1.56. The Morgan fingerprint density at radius 2 is 1.16 bits per heavy atom. The van der Waals surface area contributed by atoms with Crippen LogP contribution in [0.2, 0.25) is 0 Å². The van der Waals surface area contributed by atoms with Crippen LogP contribution in [0.5, 0.6) is 0 Å². The van der Waals surface area contributed by atoms with Gasteiger partial charge in [0.1, 0.15) is 5.78 Å². The van der Waals surface area contributed by atoms with Gasteiger partial charge in [-0.3, -0.25) is 9.59 Å². The third-order valence-electron chi connectivity index (χ3n) is 2.76. The molecule has 0 rings (SSSR count). The fourth-order valence-electron chi connectivity index (χ4n) is 1.56. The van der Waals surface area contributed by atoms with Gasteiger partial charge in [-0.2, -0.15) is 0 Å². The molecule has 0 saturated carbocycles. The molecule has 0 spiro atoms. The first-order valence-electron chi connectivity index (χ1n) is 9.24. The Morgan fingerprint density at radius 1 is 0.720 bits per heavy atom. The Kier molecular flexibility index (Phi) is 24.1. The van der Waals surface area contributed by atoms with Gasteiger partial charge in [0, 0.05) is 19.4 Å². The number of amides is 1. The Hall–Kier alpha value is -1.02. The maximum absolute atomic E-state index is 11.2. The monoisotopic (exact) mass is 363 g/mol. The van der Waals surface area contributed by atoms with Crippen LogP contribution in [0.25, 0.3) is 0 Å². The van der Waals surface area contributed by atoms with Crippen LogP contribution in [0.1, 0.15) is 47.0 Å². The third-order valence-corrected chi connectivity index (χ3v) is 2.76. The van der Waals surface area contributed by atoms with Crippen molar-refractivity contribution in [2.45, 2.75) is 47.0 Å². The molecule has 0 saturated heterocycles. The Balaban J connectivity index is 0. The van der Waals surface area contributed by atoms with E-state index in [-0.39, 0.29) is 11.7 Å². The van der Waals surface area contributed by atoms with E-state index in [9.17, 15) is 9.59 Å². The lowest BCUT2D eigenvalue weighted by Gasteiger charge is -2.08. The van der Waals surface area contributed by atoms with E-state index in [0.29, 0.717) is 72.2 Å². The van der Waals surface area contributed by atoms with Gasteiger partial charge in [-0.1, -0.05) is 20.8 Å². The van der Waals surface area contributed by atoms with Crippen molar-refractivity contribution >= 4 is 11.7 Å². The van der Waals surface area contributed by atoms with E-state index in [1.54, 1.807) is 6.92 Å². The van der Waals surface area contributed by atoms with Gasteiger partial charge in [-0.25, -0.2) is 0 Å². The summed E-state index contributed by atoms with van der Waals surface area (Å²) in [7, 11) is 0. The fraction of sp³-hybridized carbons (Fsp3) is 0.889. The molecule has 0 aliphatic carbocycles. The minimum absolute atomic E-state index is 0.0646. The van der Waals surface area contributed by atoms with Crippen LogP contribution >= 0.6 is 0 Å². The van der Waals surface area contributed by atoms with Crippen LogP contribution in [0, 0.1) is 0 Å². The first-order chi connectivity index (χ1) is 12.2. The number of rotatable bonds is 17. The van der Waals surface area contributed by atoms with Crippen molar-refractivity contribution in [2.75, 3.05) is 59.4 Å². The molecule has 0 bridgehead atoms. The lowest BCUT2D eigenvalue weighted by atomic mass is 10.3. The lowest BCUT2D eigenvalue weighted by molar-refractivity contribution is -0.121. The van der Waals surface area contributed by atoms with Gasteiger partial charge in [-0.05, 0) is 13.3 Å². The molecule has 0 heterocycles. The normalized spacial score (nSPS) is 10.1. The van der Waals surface area contributed by atoms with Crippen LogP contribution in [0.4, 0.5) is 0 Å². The summed E-state index contributed by atoms with van der Waals surface area (Å²) in [6, 6.07) is 0. The van der Waals surface area contributed by atoms with E-state index >= 15 is 0 Å². The molecule has 0 unspecified atom stereocenters. The minimum atomic E-state index is 0.0646. The second-order valence-electron chi connectivity index (χ2n) is 5.00. The molecular formula is C18H37NO6. The van der Waals surface area contributed by atoms with Gasteiger partial charge in [0.25, 0.3) is 0 Å². The summed E-state index contributed by atoms with van der Waals surface area (Å²) < 4.78 is 21.2. The third kappa shape index (κ3) is 25.3. The van der Waals surface area contributed by atoms with Crippen molar-refractivity contribution in [3.05, 3.63) is 0 Å². The van der Waals surface area contributed by atoms with Gasteiger partial charge < -0.3 is 24.3 Å². The molecule has 0 fully saturated rings. The average Bonchev–Trinajstić information content (AvgIpc) is 2.60. The number of hydrogen-bond donors (Lipinski definition) is 1. The second kappa shape index (κ2) is 23.0. The summed E-state index contributed by atoms with van der Waals surface area (Å²) in [5.74, 6) is 0.194. The number of nitrogens with one attached hydrogen (secondary N) is 1. The van der Waals surface area contributed by atoms with E-state index in [1.807, 2.05) is 20.8 Å². The summed E-state index contributed by atoms with van der Waals surface area (Å²) in [6.45, 7) is 12.0. The zero-order valence-corrected chi connectivity index (χ0v) is 16.4. The zero-order chi connectivity index (χ0) is 19.2. The number of carbonyl (C=O) groups excluding carboxylic acids is 2. The van der Waals surface area contributed by atoms with E-state index in [0.717, 1.165) is 6.42 Å². The first kappa shape index (κ1) is 26.2. The Bertz CT molecular complexity index is 299. The maximum Gasteiger partial charge on any atom is 0.220 e. The summed E-state index contributed by atoms with van der Waals surface area (Å²) >= 11 is 0. The first-order valence-corrected chi connectivity index (χ1v) is 9.24. The standard InChI is InChI=1S/C16H31NO6.C2H6/c1-3-4-16(19)17-6-8-21-10-12-23-14-13-22-11-9-20-7-5-15(2)18;1-2/h3-14H2,1-2H3,(H,17,19);1-2H3. The summed E-state index contributed by atoms with van der Waals surface area (Å²) in [6.07, 6.45) is 1.86. The molecule has 7 nitrogen and oxygen atoms in total. The highest BCUT2D eigenvalue weighted by Crippen LogP contribution is 1.87. The molecule has 0 aromatic carbocycles. The van der Waals surface area contributed by atoms with Crippen molar-refractivity contribution in [3.63, 3.8) is 0 Å². The van der Waals surface area contributed by atoms with E-state index in [2.05, 4.69) is 5.32 Å². The molecule has 0 aromatic rings.